The summed E-state index contributed by atoms with van der Waals surface area (Å²) < 4.78 is 0.514. The summed E-state index contributed by atoms with van der Waals surface area (Å²) in [7, 11) is 0. The van der Waals surface area contributed by atoms with Crippen LogP contribution in [0.3, 0.4) is 0 Å². The molecule has 14 heavy (non-hydrogen) atoms. The second-order valence-corrected chi connectivity index (χ2v) is 3.99. The number of piperidine rings is 1. The first-order valence-corrected chi connectivity index (χ1v) is 5.23. The van der Waals surface area contributed by atoms with Gasteiger partial charge in [-0.15, -0.1) is 0 Å². The van der Waals surface area contributed by atoms with Gasteiger partial charge in [-0.05, 0) is 31.6 Å². The lowest BCUT2D eigenvalue weighted by molar-refractivity contribution is 0.455. The summed E-state index contributed by atoms with van der Waals surface area (Å²) in [5, 5.41) is 3.35. The number of aromatic amines is 1. The Labute approximate surface area is 87.9 Å². The summed E-state index contributed by atoms with van der Waals surface area (Å²) in [4.78, 5) is 7.03. The Morgan fingerprint density at radius 1 is 1.57 bits per heavy atom. The van der Waals surface area contributed by atoms with Crippen molar-refractivity contribution in [2.75, 3.05) is 18.8 Å². The van der Waals surface area contributed by atoms with E-state index in [2.05, 4.69) is 15.3 Å². The Balaban J connectivity index is 2.29. The molecule has 0 bridgehead atoms. The molecule has 0 radical (unpaired) electrons. The molecule has 1 unspecified atom stereocenters. The number of anilines is 1. The zero-order valence-corrected chi connectivity index (χ0v) is 8.73. The minimum Gasteiger partial charge on any atom is -0.396 e. The molecule has 1 atom stereocenters. The van der Waals surface area contributed by atoms with Gasteiger partial charge in [-0.2, -0.15) is 0 Å². The van der Waals surface area contributed by atoms with E-state index in [1.54, 1.807) is 6.20 Å². The van der Waals surface area contributed by atoms with Gasteiger partial charge in [0.15, 0.2) is 4.77 Å². The van der Waals surface area contributed by atoms with E-state index in [0.29, 0.717) is 16.4 Å². The topological polar surface area (TPSA) is 66.7 Å². The van der Waals surface area contributed by atoms with Crippen LogP contribution in [0.15, 0.2) is 6.20 Å². The molecule has 0 aromatic carbocycles. The Morgan fingerprint density at radius 3 is 3.14 bits per heavy atom. The molecule has 0 amide bonds. The van der Waals surface area contributed by atoms with Crippen LogP contribution in [0.5, 0.6) is 0 Å². The third-order valence-corrected chi connectivity index (χ3v) is 2.79. The van der Waals surface area contributed by atoms with Gasteiger partial charge in [0.25, 0.3) is 0 Å². The van der Waals surface area contributed by atoms with E-state index in [4.69, 9.17) is 18.0 Å². The maximum absolute atomic E-state index is 5.85. The molecule has 1 aliphatic rings. The number of nitrogens with zero attached hydrogens (tertiary/aromatic N) is 1. The standard InChI is InChI=1S/C9H14N4S/c10-7-5-12-9(14)13-8(7)6-2-1-3-11-4-6/h5-6,11H,1-4,10H2,(H,12,13,14). The Bertz CT molecular complexity index is 367. The van der Waals surface area contributed by atoms with Crippen molar-refractivity contribution in [3.63, 3.8) is 0 Å². The van der Waals surface area contributed by atoms with Gasteiger partial charge in [-0.25, -0.2) is 4.98 Å². The predicted octanol–water partition coefficient (Wildman–Crippen LogP) is 1.19. The van der Waals surface area contributed by atoms with Gasteiger partial charge >= 0.3 is 0 Å². The summed E-state index contributed by atoms with van der Waals surface area (Å²) in [5.41, 5.74) is 7.61. The summed E-state index contributed by atoms with van der Waals surface area (Å²) in [6, 6.07) is 0. The highest BCUT2D eigenvalue weighted by Gasteiger charge is 2.17. The zero-order valence-electron chi connectivity index (χ0n) is 7.92. The molecule has 1 aromatic heterocycles. The fourth-order valence-corrected chi connectivity index (χ4v) is 2.02. The Hall–Kier alpha value is -0.940. The van der Waals surface area contributed by atoms with Gasteiger partial charge < -0.3 is 16.0 Å². The number of rotatable bonds is 1. The molecule has 0 saturated carbocycles. The minimum atomic E-state index is 0.452. The molecule has 4 N–H and O–H groups in total. The van der Waals surface area contributed by atoms with Crippen molar-refractivity contribution < 1.29 is 0 Å². The highest BCUT2D eigenvalue weighted by Crippen LogP contribution is 2.24. The molecule has 1 aromatic rings. The summed E-state index contributed by atoms with van der Waals surface area (Å²) in [6.45, 7) is 2.07. The van der Waals surface area contributed by atoms with E-state index in [-0.39, 0.29) is 0 Å². The third kappa shape index (κ3) is 1.93. The smallest absolute Gasteiger partial charge is 0.197 e. The zero-order chi connectivity index (χ0) is 9.97. The van der Waals surface area contributed by atoms with Crippen molar-refractivity contribution in [1.82, 2.24) is 15.3 Å². The molecule has 1 aliphatic heterocycles. The highest BCUT2D eigenvalue weighted by molar-refractivity contribution is 7.71. The van der Waals surface area contributed by atoms with Crippen LogP contribution in [-0.4, -0.2) is 23.1 Å². The van der Waals surface area contributed by atoms with Crippen LogP contribution in [-0.2, 0) is 0 Å². The van der Waals surface area contributed by atoms with Crippen molar-refractivity contribution in [2.45, 2.75) is 18.8 Å². The van der Waals surface area contributed by atoms with Crippen molar-refractivity contribution in [3.05, 3.63) is 16.7 Å². The van der Waals surface area contributed by atoms with E-state index in [0.717, 1.165) is 25.2 Å². The number of nitrogens with two attached hydrogens (primary N) is 1. The van der Waals surface area contributed by atoms with Crippen molar-refractivity contribution >= 4 is 17.9 Å². The number of aromatic nitrogens is 2. The molecule has 4 nitrogen and oxygen atoms in total. The molecule has 1 fully saturated rings. The molecule has 76 valence electrons. The second-order valence-electron chi connectivity index (χ2n) is 3.60. The summed E-state index contributed by atoms with van der Waals surface area (Å²) >= 11 is 4.99. The van der Waals surface area contributed by atoms with E-state index in [1.165, 1.54) is 6.42 Å². The molecule has 5 heteroatoms. The van der Waals surface area contributed by atoms with Gasteiger partial charge in [0.1, 0.15) is 0 Å². The van der Waals surface area contributed by atoms with E-state index in [1.807, 2.05) is 0 Å². The first-order chi connectivity index (χ1) is 6.77. The lowest BCUT2D eigenvalue weighted by atomic mass is 9.95. The molecule has 0 spiro atoms. The van der Waals surface area contributed by atoms with Gasteiger partial charge in [0.2, 0.25) is 0 Å². The summed E-state index contributed by atoms with van der Waals surface area (Å²) in [6.07, 6.45) is 3.99. The predicted molar refractivity (Wildman–Crippen MR) is 58.7 cm³/mol. The summed E-state index contributed by atoms with van der Waals surface area (Å²) in [5.74, 6) is 0.452. The van der Waals surface area contributed by atoms with Crippen LogP contribution in [0.25, 0.3) is 0 Å². The monoisotopic (exact) mass is 210 g/mol. The fourth-order valence-electron chi connectivity index (χ4n) is 1.85. The number of nitrogens with one attached hydrogen (secondary N) is 2. The average molecular weight is 210 g/mol. The van der Waals surface area contributed by atoms with E-state index >= 15 is 0 Å². The lowest BCUT2D eigenvalue weighted by Crippen LogP contribution is -2.29. The van der Waals surface area contributed by atoms with E-state index < -0.39 is 0 Å². The first kappa shape index (κ1) is 9.61. The van der Waals surface area contributed by atoms with Crippen LogP contribution < -0.4 is 11.1 Å². The van der Waals surface area contributed by atoms with E-state index in [9.17, 15) is 0 Å². The number of nitrogen functional groups attached to an aromatic ring is 1. The van der Waals surface area contributed by atoms with Gasteiger partial charge in [-0.3, -0.25) is 0 Å². The SMILES string of the molecule is Nc1cnc(=S)[nH]c1C1CCCNC1. The Morgan fingerprint density at radius 2 is 2.43 bits per heavy atom. The maximum Gasteiger partial charge on any atom is 0.197 e. The van der Waals surface area contributed by atoms with Crippen molar-refractivity contribution in [2.24, 2.45) is 0 Å². The quantitative estimate of drug-likeness (QED) is 0.609. The Kier molecular flexibility index (Phi) is 2.79. The van der Waals surface area contributed by atoms with Gasteiger partial charge in [0.05, 0.1) is 11.9 Å². The first-order valence-electron chi connectivity index (χ1n) is 4.83. The fraction of sp³-hybridized carbons (Fsp3) is 0.556. The average Bonchev–Trinajstić information content (AvgIpc) is 2.23. The molecular weight excluding hydrogens is 196 g/mol. The normalized spacial score (nSPS) is 22.1. The van der Waals surface area contributed by atoms with Crippen LogP contribution >= 0.6 is 12.2 Å². The lowest BCUT2D eigenvalue weighted by Gasteiger charge is -2.23. The maximum atomic E-state index is 5.85. The third-order valence-electron chi connectivity index (χ3n) is 2.58. The molecular formula is C9H14N4S. The number of hydrogen-bond acceptors (Lipinski definition) is 4. The van der Waals surface area contributed by atoms with Crippen molar-refractivity contribution in [3.8, 4) is 0 Å². The van der Waals surface area contributed by atoms with Crippen LogP contribution in [0.2, 0.25) is 0 Å². The van der Waals surface area contributed by atoms with Crippen molar-refractivity contribution in [1.29, 1.82) is 0 Å². The number of hydrogen-bond donors (Lipinski definition) is 3. The highest BCUT2D eigenvalue weighted by atomic mass is 32.1. The minimum absolute atomic E-state index is 0.452. The second kappa shape index (κ2) is 4.06. The van der Waals surface area contributed by atoms with Crippen LogP contribution in [0, 0.1) is 4.77 Å². The molecule has 0 aliphatic carbocycles. The largest absolute Gasteiger partial charge is 0.396 e. The molecule has 2 rings (SSSR count). The van der Waals surface area contributed by atoms with Crippen LogP contribution in [0.1, 0.15) is 24.5 Å². The molecule has 1 saturated heterocycles. The van der Waals surface area contributed by atoms with Crippen LogP contribution in [0.4, 0.5) is 5.69 Å². The van der Waals surface area contributed by atoms with Gasteiger partial charge in [-0.1, -0.05) is 0 Å². The van der Waals surface area contributed by atoms with Gasteiger partial charge in [0, 0.05) is 18.2 Å². The number of H-pyrrole nitrogens is 1. The molecule has 2 heterocycles.